The van der Waals surface area contributed by atoms with Crippen LogP contribution in [-0.2, 0) is 0 Å². The Morgan fingerprint density at radius 2 is 1.96 bits per heavy atom. The first kappa shape index (κ1) is 17.2. The standard InChI is InChI=1S/C18H20N2O2.ClH/c1-22-17-7-5-13(6-8-17)15-9-10-20(12-15)18(21)14-3-2-4-16(19)11-14;/h2-8,11,15H,9-10,12,19H2,1H3;1H. The average molecular weight is 333 g/mol. The smallest absolute Gasteiger partial charge is 0.253 e. The third-order valence-electron chi connectivity index (χ3n) is 4.20. The third-order valence-corrected chi connectivity index (χ3v) is 4.20. The highest BCUT2D eigenvalue weighted by Crippen LogP contribution is 2.29. The van der Waals surface area contributed by atoms with E-state index in [1.807, 2.05) is 29.2 Å². The molecule has 1 heterocycles. The van der Waals surface area contributed by atoms with Crippen LogP contribution >= 0.6 is 12.4 Å². The first-order chi connectivity index (χ1) is 10.7. The van der Waals surface area contributed by atoms with Gasteiger partial charge >= 0.3 is 0 Å². The van der Waals surface area contributed by atoms with Crippen molar-refractivity contribution in [3.63, 3.8) is 0 Å². The SMILES string of the molecule is COc1ccc(C2CCN(C(=O)c3cccc(N)c3)C2)cc1.Cl. The van der Waals surface area contributed by atoms with Gasteiger partial charge in [0, 0.05) is 30.3 Å². The summed E-state index contributed by atoms with van der Waals surface area (Å²) in [6.45, 7) is 1.53. The van der Waals surface area contributed by atoms with E-state index >= 15 is 0 Å². The van der Waals surface area contributed by atoms with E-state index in [1.54, 1.807) is 19.2 Å². The summed E-state index contributed by atoms with van der Waals surface area (Å²) < 4.78 is 5.18. The summed E-state index contributed by atoms with van der Waals surface area (Å²) in [7, 11) is 1.66. The summed E-state index contributed by atoms with van der Waals surface area (Å²) in [5, 5.41) is 0. The van der Waals surface area contributed by atoms with Crippen molar-refractivity contribution in [3.05, 3.63) is 59.7 Å². The number of hydrogen-bond donors (Lipinski definition) is 1. The first-order valence-corrected chi connectivity index (χ1v) is 7.46. The third kappa shape index (κ3) is 3.77. The molecule has 1 fully saturated rings. The van der Waals surface area contributed by atoms with E-state index in [-0.39, 0.29) is 18.3 Å². The fraction of sp³-hybridized carbons (Fsp3) is 0.278. The summed E-state index contributed by atoms with van der Waals surface area (Å²) in [5.41, 5.74) is 8.30. The van der Waals surface area contributed by atoms with Gasteiger partial charge < -0.3 is 15.4 Å². The van der Waals surface area contributed by atoms with Crippen LogP contribution in [0.15, 0.2) is 48.5 Å². The number of nitrogens with zero attached hydrogens (tertiary/aromatic N) is 1. The maximum atomic E-state index is 12.5. The monoisotopic (exact) mass is 332 g/mol. The predicted octanol–water partition coefficient (Wildman–Crippen LogP) is 3.33. The summed E-state index contributed by atoms with van der Waals surface area (Å²) >= 11 is 0. The molecular weight excluding hydrogens is 312 g/mol. The van der Waals surface area contributed by atoms with Crippen molar-refractivity contribution in [2.45, 2.75) is 12.3 Å². The van der Waals surface area contributed by atoms with Gasteiger partial charge in [-0.2, -0.15) is 0 Å². The molecule has 1 atom stereocenters. The predicted molar refractivity (Wildman–Crippen MR) is 94.4 cm³/mol. The number of benzene rings is 2. The van der Waals surface area contributed by atoms with Gasteiger partial charge in [-0.25, -0.2) is 0 Å². The Bertz CT molecular complexity index is 673. The van der Waals surface area contributed by atoms with Crippen LogP contribution in [0.5, 0.6) is 5.75 Å². The molecule has 3 rings (SSSR count). The van der Waals surface area contributed by atoms with Gasteiger partial charge in [0.25, 0.3) is 5.91 Å². The van der Waals surface area contributed by atoms with E-state index in [1.165, 1.54) is 5.56 Å². The highest BCUT2D eigenvalue weighted by atomic mass is 35.5. The Labute approximate surface area is 142 Å². The molecule has 2 aromatic rings. The maximum Gasteiger partial charge on any atom is 0.253 e. The molecule has 0 saturated carbocycles. The molecule has 1 unspecified atom stereocenters. The molecule has 1 amide bonds. The minimum absolute atomic E-state index is 0. The second-order valence-electron chi connectivity index (χ2n) is 5.64. The number of amides is 1. The Morgan fingerprint density at radius 3 is 2.61 bits per heavy atom. The van der Waals surface area contributed by atoms with Crippen LogP contribution in [0.3, 0.4) is 0 Å². The molecule has 0 radical (unpaired) electrons. The van der Waals surface area contributed by atoms with Crippen molar-refractivity contribution in [2.24, 2.45) is 0 Å². The lowest BCUT2D eigenvalue weighted by atomic mass is 9.98. The summed E-state index contributed by atoms with van der Waals surface area (Å²) in [6.07, 6.45) is 0.986. The van der Waals surface area contributed by atoms with Gasteiger partial charge in [-0.15, -0.1) is 12.4 Å². The number of hydrogen-bond acceptors (Lipinski definition) is 3. The van der Waals surface area contributed by atoms with Crippen molar-refractivity contribution in [3.8, 4) is 5.75 Å². The number of anilines is 1. The van der Waals surface area contributed by atoms with Gasteiger partial charge in [-0.3, -0.25) is 4.79 Å². The van der Waals surface area contributed by atoms with Gasteiger partial charge in [-0.05, 0) is 42.3 Å². The minimum atomic E-state index is 0. The van der Waals surface area contributed by atoms with Crippen LogP contribution in [0.4, 0.5) is 5.69 Å². The second kappa shape index (κ2) is 7.38. The van der Waals surface area contributed by atoms with Crippen molar-refractivity contribution < 1.29 is 9.53 Å². The van der Waals surface area contributed by atoms with Crippen molar-refractivity contribution in [1.82, 2.24) is 4.90 Å². The summed E-state index contributed by atoms with van der Waals surface area (Å²) in [4.78, 5) is 14.4. The molecule has 1 saturated heterocycles. The molecule has 2 N–H and O–H groups in total. The lowest BCUT2D eigenvalue weighted by Crippen LogP contribution is -2.28. The maximum absolute atomic E-state index is 12.5. The Kier molecular flexibility index (Phi) is 5.50. The molecule has 5 heteroatoms. The van der Waals surface area contributed by atoms with Gasteiger partial charge in [-0.1, -0.05) is 18.2 Å². The molecule has 0 bridgehead atoms. The number of nitrogen functional groups attached to an aromatic ring is 1. The molecule has 0 spiro atoms. The fourth-order valence-electron chi connectivity index (χ4n) is 2.95. The zero-order valence-electron chi connectivity index (χ0n) is 13.1. The first-order valence-electron chi connectivity index (χ1n) is 7.46. The van der Waals surface area contributed by atoms with Crippen LogP contribution in [0, 0.1) is 0 Å². The van der Waals surface area contributed by atoms with Gasteiger partial charge in [0.2, 0.25) is 0 Å². The zero-order valence-corrected chi connectivity index (χ0v) is 13.9. The van der Waals surface area contributed by atoms with Crippen molar-refractivity contribution >= 4 is 24.0 Å². The lowest BCUT2D eigenvalue weighted by molar-refractivity contribution is 0.0791. The summed E-state index contributed by atoms with van der Waals surface area (Å²) in [5.74, 6) is 1.30. The molecule has 1 aliphatic rings. The highest BCUT2D eigenvalue weighted by Gasteiger charge is 2.27. The fourth-order valence-corrected chi connectivity index (χ4v) is 2.95. The lowest BCUT2D eigenvalue weighted by Gasteiger charge is -2.17. The van der Waals surface area contributed by atoms with Gasteiger partial charge in [0.15, 0.2) is 0 Å². The van der Waals surface area contributed by atoms with Crippen LogP contribution < -0.4 is 10.5 Å². The van der Waals surface area contributed by atoms with Crippen LogP contribution in [-0.4, -0.2) is 31.0 Å². The number of carbonyl (C=O) groups excluding carboxylic acids is 1. The van der Waals surface area contributed by atoms with Crippen LogP contribution in [0.2, 0.25) is 0 Å². The molecule has 2 aromatic carbocycles. The van der Waals surface area contributed by atoms with Crippen molar-refractivity contribution in [2.75, 3.05) is 25.9 Å². The van der Waals surface area contributed by atoms with E-state index in [0.717, 1.165) is 25.3 Å². The van der Waals surface area contributed by atoms with E-state index in [9.17, 15) is 4.79 Å². The number of nitrogens with two attached hydrogens (primary N) is 1. The van der Waals surface area contributed by atoms with E-state index in [4.69, 9.17) is 10.5 Å². The average Bonchev–Trinajstić information content (AvgIpc) is 3.04. The van der Waals surface area contributed by atoms with Crippen LogP contribution in [0.25, 0.3) is 0 Å². The Hall–Kier alpha value is -2.20. The van der Waals surface area contributed by atoms with Gasteiger partial charge in [0.05, 0.1) is 7.11 Å². The number of halogens is 1. The second-order valence-corrected chi connectivity index (χ2v) is 5.64. The number of ether oxygens (including phenoxy) is 1. The number of rotatable bonds is 3. The molecular formula is C18H21ClN2O2. The number of likely N-dealkylation sites (tertiary alicyclic amines) is 1. The number of methoxy groups -OCH3 is 1. The minimum Gasteiger partial charge on any atom is -0.497 e. The largest absolute Gasteiger partial charge is 0.497 e. The topological polar surface area (TPSA) is 55.6 Å². The Morgan fingerprint density at radius 1 is 1.22 bits per heavy atom. The summed E-state index contributed by atoms with van der Waals surface area (Å²) in [6, 6.07) is 15.3. The molecule has 23 heavy (non-hydrogen) atoms. The van der Waals surface area contributed by atoms with Gasteiger partial charge in [0.1, 0.15) is 5.75 Å². The van der Waals surface area contributed by atoms with E-state index in [0.29, 0.717) is 17.2 Å². The molecule has 1 aliphatic heterocycles. The zero-order chi connectivity index (χ0) is 15.5. The highest BCUT2D eigenvalue weighted by molar-refractivity contribution is 5.95. The molecule has 0 aliphatic carbocycles. The van der Waals surface area contributed by atoms with E-state index < -0.39 is 0 Å². The quantitative estimate of drug-likeness (QED) is 0.877. The number of carbonyl (C=O) groups is 1. The van der Waals surface area contributed by atoms with Crippen LogP contribution in [0.1, 0.15) is 28.3 Å². The van der Waals surface area contributed by atoms with Crippen molar-refractivity contribution in [1.29, 1.82) is 0 Å². The molecule has 4 nitrogen and oxygen atoms in total. The van der Waals surface area contributed by atoms with E-state index in [2.05, 4.69) is 12.1 Å². The molecule has 122 valence electrons. The normalized spacial score (nSPS) is 16.7. The molecule has 0 aromatic heterocycles. The Balaban J connectivity index is 0.00000192.